The summed E-state index contributed by atoms with van der Waals surface area (Å²) in [4.78, 5) is 12.0. The molecule has 0 amide bonds. The van der Waals surface area contributed by atoms with Crippen LogP contribution in [0, 0.1) is 6.92 Å². The number of hydrogen-bond donors (Lipinski definition) is 0. The lowest BCUT2D eigenvalue weighted by atomic mass is 10.2. The summed E-state index contributed by atoms with van der Waals surface area (Å²) in [5.74, 6) is -0.0395. The van der Waals surface area contributed by atoms with Crippen LogP contribution in [0.1, 0.15) is 11.3 Å². The number of benzene rings is 2. The smallest absolute Gasteiger partial charge is 0.337 e. The molecule has 2 aromatic carbocycles. The van der Waals surface area contributed by atoms with E-state index in [0.717, 1.165) is 16.9 Å². The number of aromatic nitrogens is 2. The van der Waals surface area contributed by atoms with E-state index < -0.39 is 5.97 Å². The number of carbonyl (C=O) groups excluding carboxylic acids is 1. The highest BCUT2D eigenvalue weighted by Crippen LogP contribution is 2.19. The Bertz CT molecular complexity index is 821. The Balaban J connectivity index is 1.78. The van der Waals surface area contributed by atoms with Crippen LogP contribution >= 0.6 is 0 Å². The van der Waals surface area contributed by atoms with Gasteiger partial charge in [0.05, 0.1) is 11.4 Å². The van der Waals surface area contributed by atoms with Gasteiger partial charge in [-0.05, 0) is 30.7 Å². The maximum absolute atomic E-state index is 12.0. The van der Waals surface area contributed by atoms with Crippen molar-refractivity contribution in [2.75, 3.05) is 0 Å². The highest BCUT2D eigenvalue weighted by molar-refractivity contribution is 5.88. The van der Waals surface area contributed by atoms with Crippen LogP contribution in [0.3, 0.4) is 0 Å². The molecule has 4 nitrogen and oxygen atoms in total. The average Bonchev–Trinajstić information content (AvgIpc) is 2.95. The predicted molar refractivity (Wildman–Crippen MR) is 89.4 cm³/mol. The van der Waals surface area contributed by atoms with Crippen LogP contribution in [0.4, 0.5) is 0 Å². The third kappa shape index (κ3) is 3.74. The number of para-hydroxylation sites is 1. The zero-order valence-corrected chi connectivity index (χ0v) is 12.7. The molecular weight excluding hydrogens is 288 g/mol. The molecule has 114 valence electrons. The third-order valence-corrected chi connectivity index (χ3v) is 3.22. The molecule has 1 aromatic heterocycles. The van der Waals surface area contributed by atoms with E-state index in [-0.39, 0.29) is 0 Å². The largest absolute Gasteiger partial charge is 0.404 e. The van der Waals surface area contributed by atoms with Crippen molar-refractivity contribution >= 4 is 12.0 Å². The Morgan fingerprint density at radius 3 is 2.39 bits per heavy atom. The SMILES string of the molecule is Cc1cc(OC(=O)C=Cc2ccccc2)n(-c2ccccc2)n1. The van der Waals surface area contributed by atoms with Crippen molar-refractivity contribution < 1.29 is 9.53 Å². The summed E-state index contributed by atoms with van der Waals surface area (Å²) < 4.78 is 7.03. The molecule has 0 saturated carbocycles. The normalized spacial score (nSPS) is 10.8. The van der Waals surface area contributed by atoms with Gasteiger partial charge in [0.1, 0.15) is 0 Å². The van der Waals surface area contributed by atoms with Gasteiger partial charge in [-0.1, -0.05) is 48.5 Å². The summed E-state index contributed by atoms with van der Waals surface area (Å²) in [7, 11) is 0. The third-order valence-electron chi connectivity index (χ3n) is 3.22. The monoisotopic (exact) mass is 304 g/mol. The molecule has 0 N–H and O–H groups in total. The van der Waals surface area contributed by atoms with E-state index in [1.807, 2.05) is 67.6 Å². The van der Waals surface area contributed by atoms with Gasteiger partial charge in [0.2, 0.25) is 5.88 Å². The summed E-state index contributed by atoms with van der Waals surface area (Å²) in [6, 6.07) is 20.9. The van der Waals surface area contributed by atoms with Crippen molar-refractivity contribution in [2.24, 2.45) is 0 Å². The molecular formula is C19H16N2O2. The summed E-state index contributed by atoms with van der Waals surface area (Å²) in [6.07, 6.45) is 3.13. The van der Waals surface area contributed by atoms with Crippen LogP contribution in [0.2, 0.25) is 0 Å². The lowest BCUT2D eigenvalue weighted by Crippen LogP contribution is -2.08. The molecule has 0 radical (unpaired) electrons. The fourth-order valence-corrected chi connectivity index (χ4v) is 2.17. The van der Waals surface area contributed by atoms with Gasteiger partial charge >= 0.3 is 5.97 Å². The molecule has 23 heavy (non-hydrogen) atoms. The van der Waals surface area contributed by atoms with E-state index in [4.69, 9.17) is 4.74 Å². The van der Waals surface area contributed by atoms with E-state index in [1.165, 1.54) is 6.08 Å². The Morgan fingerprint density at radius 2 is 1.70 bits per heavy atom. The first kappa shape index (κ1) is 14.8. The Kier molecular flexibility index (Phi) is 4.34. The number of ether oxygens (including phenoxy) is 1. The molecule has 0 bridgehead atoms. The number of carbonyl (C=O) groups is 1. The molecule has 0 unspecified atom stereocenters. The molecule has 3 rings (SSSR count). The second kappa shape index (κ2) is 6.75. The highest BCUT2D eigenvalue weighted by Gasteiger charge is 2.11. The van der Waals surface area contributed by atoms with E-state index in [1.54, 1.807) is 16.8 Å². The van der Waals surface area contributed by atoms with Gasteiger partial charge in [-0.25, -0.2) is 9.48 Å². The van der Waals surface area contributed by atoms with E-state index in [2.05, 4.69) is 5.10 Å². The molecule has 0 fully saturated rings. The van der Waals surface area contributed by atoms with Crippen molar-refractivity contribution in [3.63, 3.8) is 0 Å². The van der Waals surface area contributed by atoms with Gasteiger partial charge in [-0.3, -0.25) is 0 Å². The molecule has 0 aliphatic heterocycles. The molecule has 0 atom stereocenters. The molecule has 3 aromatic rings. The Hall–Kier alpha value is -3.14. The van der Waals surface area contributed by atoms with Crippen LogP contribution < -0.4 is 4.74 Å². The molecule has 0 aliphatic carbocycles. The number of aryl methyl sites for hydroxylation is 1. The lowest BCUT2D eigenvalue weighted by Gasteiger charge is -2.06. The average molecular weight is 304 g/mol. The van der Waals surface area contributed by atoms with Crippen LogP contribution in [-0.2, 0) is 4.79 Å². The molecule has 1 heterocycles. The van der Waals surface area contributed by atoms with Crippen LogP contribution in [0.5, 0.6) is 5.88 Å². The Labute approximate surface area is 134 Å². The van der Waals surface area contributed by atoms with Gasteiger partial charge in [0.15, 0.2) is 0 Å². The van der Waals surface area contributed by atoms with Crippen LogP contribution in [0.25, 0.3) is 11.8 Å². The minimum absolute atomic E-state index is 0.399. The first-order chi connectivity index (χ1) is 11.2. The fraction of sp³-hybridized carbons (Fsp3) is 0.0526. The zero-order chi connectivity index (χ0) is 16.1. The van der Waals surface area contributed by atoms with E-state index in [9.17, 15) is 4.79 Å². The van der Waals surface area contributed by atoms with Gasteiger partial charge < -0.3 is 4.74 Å². The van der Waals surface area contributed by atoms with Crippen molar-refractivity contribution in [1.29, 1.82) is 0 Å². The van der Waals surface area contributed by atoms with Crippen molar-refractivity contribution in [2.45, 2.75) is 6.92 Å². The second-order valence-electron chi connectivity index (χ2n) is 5.04. The first-order valence-electron chi connectivity index (χ1n) is 7.29. The maximum Gasteiger partial charge on any atom is 0.337 e. The van der Waals surface area contributed by atoms with E-state index >= 15 is 0 Å². The Morgan fingerprint density at radius 1 is 1.04 bits per heavy atom. The second-order valence-corrected chi connectivity index (χ2v) is 5.04. The van der Waals surface area contributed by atoms with Crippen molar-refractivity contribution in [1.82, 2.24) is 9.78 Å². The minimum atomic E-state index is -0.439. The van der Waals surface area contributed by atoms with Crippen molar-refractivity contribution in [3.05, 3.63) is 84.1 Å². The topological polar surface area (TPSA) is 44.1 Å². The quantitative estimate of drug-likeness (QED) is 0.544. The van der Waals surface area contributed by atoms with Gasteiger partial charge in [-0.15, -0.1) is 0 Å². The zero-order valence-electron chi connectivity index (χ0n) is 12.7. The number of rotatable bonds is 4. The molecule has 0 saturated heterocycles. The summed E-state index contributed by atoms with van der Waals surface area (Å²) in [5, 5.41) is 4.37. The number of hydrogen-bond acceptors (Lipinski definition) is 3. The minimum Gasteiger partial charge on any atom is -0.404 e. The molecule has 0 spiro atoms. The lowest BCUT2D eigenvalue weighted by molar-refractivity contribution is -0.129. The van der Waals surface area contributed by atoms with Gasteiger partial charge in [0.25, 0.3) is 0 Å². The van der Waals surface area contributed by atoms with Crippen molar-refractivity contribution in [3.8, 4) is 11.6 Å². The molecule has 4 heteroatoms. The highest BCUT2D eigenvalue weighted by atomic mass is 16.5. The standard InChI is InChI=1S/C19H16N2O2/c1-15-14-18(21(20-15)17-10-6-3-7-11-17)23-19(22)13-12-16-8-4-2-5-9-16/h2-14H,1H3. The number of nitrogens with zero attached hydrogens (tertiary/aromatic N) is 2. The fourth-order valence-electron chi connectivity index (χ4n) is 2.17. The predicted octanol–water partition coefficient (Wildman–Crippen LogP) is 3.80. The van der Waals surface area contributed by atoms with Crippen LogP contribution in [-0.4, -0.2) is 15.7 Å². The van der Waals surface area contributed by atoms with Gasteiger partial charge in [0, 0.05) is 12.1 Å². The summed E-state index contributed by atoms with van der Waals surface area (Å²) >= 11 is 0. The van der Waals surface area contributed by atoms with Crippen LogP contribution in [0.15, 0.2) is 72.8 Å². The van der Waals surface area contributed by atoms with E-state index in [0.29, 0.717) is 5.88 Å². The molecule has 0 aliphatic rings. The first-order valence-corrected chi connectivity index (χ1v) is 7.29. The summed E-state index contributed by atoms with van der Waals surface area (Å²) in [5.41, 5.74) is 2.57. The van der Waals surface area contributed by atoms with Gasteiger partial charge in [-0.2, -0.15) is 5.10 Å². The summed E-state index contributed by atoms with van der Waals surface area (Å²) in [6.45, 7) is 1.86. The number of esters is 1. The maximum atomic E-state index is 12.0.